The molecule has 4 heteroatoms. The lowest BCUT2D eigenvalue weighted by Crippen LogP contribution is -2.11. The van der Waals surface area contributed by atoms with Gasteiger partial charge >= 0.3 is 0 Å². The summed E-state index contributed by atoms with van der Waals surface area (Å²) in [7, 11) is 0. The fourth-order valence-electron chi connectivity index (χ4n) is 0.909. The molecule has 0 saturated carbocycles. The molecule has 1 heterocycles. The van der Waals surface area contributed by atoms with Crippen molar-refractivity contribution in [2.75, 3.05) is 0 Å². The smallest absolute Gasteiger partial charge is 0.138 e. The van der Waals surface area contributed by atoms with Crippen LogP contribution in [0.3, 0.4) is 0 Å². The maximum Gasteiger partial charge on any atom is 0.138 e. The molecule has 66 valence electrons. The van der Waals surface area contributed by atoms with E-state index in [1.807, 2.05) is 6.92 Å². The summed E-state index contributed by atoms with van der Waals surface area (Å²) in [4.78, 5) is 4.16. The zero-order valence-corrected chi connectivity index (χ0v) is 8.95. The van der Waals surface area contributed by atoms with Gasteiger partial charge in [-0.15, -0.1) is 0 Å². The molecule has 1 aromatic rings. The molecule has 0 fully saturated rings. The van der Waals surface area contributed by atoms with Crippen LogP contribution in [0.15, 0.2) is 12.1 Å². The van der Waals surface area contributed by atoms with Gasteiger partial charge in [0.1, 0.15) is 9.45 Å². The van der Waals surface area contributed by atoms with Crippen LogP contribution in [0.2, 0.25) is 0 Å². The van der Waals surface area contributed by atoms with Crippen LogP contribution >= 0.6 is 22.6 Å². The van der Waals surface area contributed by atoms with E-state index in [1.54, 1.807) is 12.1 Å². The predicted octanol–water partition coefficient (Wildman–Crippen LogP) is 1.80. The fraction of sp³-hybridized carbons (Fsp3) is 0.375. The lowest BCUT2D eigenvalue weighted by atomic mass is 10.1. The van der Waals surface area contributed by atoms with Crippen molar-refractivity contribution in [1.82, 2.24) is 4.98 Å². The second-order valence-electron chi connectivity index (χ2n) is 2.55. The van der Waals surface area contributed by atoms with Crippen molar-refractivity contribution < 1.29 is 5.11 Å². The second kappa shape index (κ2) is 4.04. The minimum absolute atomic E-state index is 0.167. The molecule has 0 aromatic carbocycles. The number of rotatable bonds is 2. The third-order valence-corrected chi connectivity index (χ3v) is 2.26. The number of aromatic nitrogens is 1. The topological polar surface area (TPSA) is 59.1 Å². The van der Waals surface area contributed by atoms with Gasteiger partial charge in [0, 0.05) is 0 Å². The average Bonchev–Trinajstić information content (AvgIpc) is 2.08. The van der Waals surface area contributed by atoms with E-state index in [0.29, 0.717) is 5.69 Å². The van der Waals surface area contributed by atoms with Gasteiger partial charge in [-0.25, -0.2) is 4.98 Å². The SMILES string of the molecule is CC[C@@H](N)c1nc(I)ccc1O. The minimum atomic E-state index is -0.167. The second-order valence-corrected chi connectivity index (χ2v) is 3.66. The van der Waals surface area contributed by atoms with Gasteiger partial charge in [0.05, 0.1) is 11.7 Å². The summed E-state index contributed by atoms with van der Waals surface area (Å²) in [5.74, 6) is 0.185. The molecule has 0 aliphatic heterocycles. The third kappa shape index (κ3) is 2.07. The standard InChI is InChI=1S/C8H11IN2O/c1-2-5(10)8-6(12)3-4-7(9)11-8/h3-5,12H,2,10H2,1H3/t5-/m1/s1. The number of hydrogen-bond acceptors (Lipinski definition) is 3. The highest BCUT2D eigenvalue weighted by Gasteiger charge is 2.10. The van der Waals surface area contributed by atoms with Crippen LogP contribution in [0.4, 0.5) is 0 Å². The molecule has 1 rings (SSSR count). The molecule has 0 bridgehead atoms. The van der Waals surface area contributed by atoms with Gasteiger partial charge in [0.25, 0.3) is 0 Å². The Morgan fingerprint density at radius 3 is 2.92 bits per heavy atom. The highest BCUT2D eigenvalue weighted by Crippen LogP contribution is 2.22. The van der Waals surface area contributed by atoms with Gasteiger partial charge in [-0.2, -0.15) is 0 Å². The van der Waals surface area contributed by atoms with Crippen LogP contribution in [-0.2, 0) is 0 Å². The summed E-state index contributed by atoms with van der Waals surface area (Å²) in [6, 6.07) is 3.21. The average molecular weight is 278 g/mol. The molecule has 1 aromatic heterocycles. The first-order valence-electron chi connectivity index (χ1n) is 3.76. The maximum atomic E-state index is 9.39. The number of hydrogen-bond donors (Lipinski definition) is 2. The molecule has 3 N–H and O–H groups in total. The number of nitrogens with two attached hydrogens (primary N) is 1. The van der Waals surface area contributed by atoms with Crippen molar-refractivity contribution >= 4 is 22.6 Å². The highest BCUT2D eigenvalue weighted by atomic mass is 127. The number of nitrogens with zero attached hydrogens (tertiary/aromatic N) is 1. The first kappa shape index (κ1) is 9.73. The Hall–Kier alpha value is -0.360. The van der Waals surface area contributed by atoms with E-state index in [9.17, 15) is 5.11 Å². The van der Waals surface area contributed by atoms with Crippen LogP contribution in [0.25, 0.3) is 0 Å². The molecule has 0 amide bonds. The number of halogens is 1. The summed E-state index contributed by atoms with van der Waals surface area (Å²) in [5.41, 5.74) is 6.33. The van der Waals surface area contributed by atoms with Gasteiger partial charge in [0.2, 0.25) is 0 Å². The van der Waals surface area contributed by atoms with E-state index in [-0.39, 0.29) is 11.8 Å². The van der Waals surface area contributed by atoms with Crippen molar-refractivity contribution in [3.63, 3.8) is 0 Å². The molecule has 1 atom stereocenters. The summed E-state index contributed by atoms with van der Waals surface area (Å²) in [5, 5.41) is 9.39. The normalized spacial score (nSPS) is 12.9. The molecule has 0 unspecified atom stereocenters. The quantitative estimate of drug-likeness (QED) is 0.640. The maximum absolute atomic E-state index is 9.39. The molecule has 0 aliphatic carbocycles. The van der Waals surface area contributed by atoms with Crippen LogP contribution in [0, 0.1) is 3.70 Å². The Balaban J connectivity index is 3.04. The first-order chi connectivity index (χ1) is 5.65. The van der Waals surface area contributed by atoms with Crippen molar-refractivity contribution in [2.45, 2.75) is 19.4 Å². The van der Waals surface area contributed by atoms with Crippen molar-refractivity contribution in [1.29, 1.82) is 0 Å². The van der Waals surface area contributed by atoms with Crippen LogP contribution in [0.5, 0.6) is 5.75 Å². The van der Waals surface area contributed by atoms with Gasteiger partial charge in [-0.1, -0.05) is 6.92 Å². The number of pyridine rings is 1. The molecular formula is C8H11IN2O. The summed E-state index contributed by atoms with van der Waals surface area (Å²) < 4.78 is 0.851. The lowest BCUT2D eigenvalue weighted by Gasteiger charge is -2.09. The molecule has 12 heavy (non-hydrogen) atoms. The van der Waals surface area contributed by atoms with Crippen LogP contribution in [-0.4, -0.2) is 10.1 Å². The Labute approximate surface area is 85.1 Å². The fourth-order valence-corrected chi connectivity index (χ4v) is 1.35. The zero-order chi connectivity index (χ0) is 9.14. The van der Waals surface area contributed by atoms with Crippen molar-refractivity contribution in [3.05, 3.63) is 21.5 Å². The van der Waals surface area contributed by atoms with Crippen LogP contribution < -0.4 is 5.73 Å². The van der Waals surface area contributed by atoms with Gasteiger partial charge < -0.3 is 10.8 Å². The van der Waals surface area contributed by atoms with E-state index in [4.69, 9.17) is 5.73 Å². The lowest BCUT2D eigenvalue weighted by molar-refractivity contribution is 0.454. The zero-order valence-electron chi connectivity index (χ0n) is 6.79. The Morgan fingerprint density at radius 2 is 2.33 bits per heavy atom. The minimum Gasteiger partial charge on any atom is -0.506 e. The summed E-state index contributed by atoms with van der Waals surface area (Å²) >= 11 is 2.09. The Bertz CT molecular complexity index is 278. The monoisotopic (exact) mass is 278 g/mol. The van der Waals surface area contributed by atoms with E-state index < -0.39 is 0 Å². The molecule has 0 saturated heterocycles. The van der Waals surface area contributed by atoms with Crippen molar-refractivity contribution in [3.8, 4) is 5.75 Å². The van der Waals surface area contributed by atoms with Gasteiger partial charge in [-0.3, -0.25) is 0 Å². The van der Waals surface area contributed by atoms with Crippen LogP contribution in [0.1, 0.15) is 25.1 Å². The largest absolute Gasteiger partial charge is 0.506 e. The van der Waals surface area contributed by atoms with Gasteiger partial charge in [-0.05, 0) is 41.1 Å². The van der Waals surface area contributed by atoms with E-state index in [2.05, 4.69) is 27.6 Å². The highest BCUT2D eigenvalue weighted by molar-refractivity contribution is 14.1. The molecule has 0 aliphatic rings. The summed E-state index contributed by atoms with van der Waals surface area (Å²) in [6.07, 6.45) is 0.778. The molecule has 0 spiro atoms. The first-order valence-corrected chi connectivity index (χ1v) is 4.84. The van der Waals surface area contributed by atoms with E-state index in [1.165, 1.54) is 0 Å². The third-order valence-electron chi connectivity index (χ3n) is 1.66. The summed E-state index contributed by atoms with van der Waals surface area (Å²) in [6.45, 7) is 1.96. The Morgan fingerprint density at radius 1 is 1.67 bits per heavy atom. The van der Waals surface area contributed by atoms with Crippen molar-refractivity contribution in [2.24, 2.45) is 5.73 Å². The van der Waals surface area contributed by atoms with E-state index in [0.717, 1.165) is 10.1 Å². The number of aromatic hydroxyl groups is 1. The molecule has 3 nitrogen and oxygen atoms in total. The Kier molecular flexibility index (Phi) is 3.28. The predicted molar refractivity (Wildman–Crippen MR) is 55.8 cm³/mol. The molecule has 0 radical (unpaired) electrons. The van der Waals surface area contributed by atoms with E-state index >= 15 is 0 Å². The van der Waals surface area contributed by atoms with Gasteiger partial charge in [0.15, 0.2) is 0 Å². The molecular weight excluding hydrogens is 267 g/mol.